The minimum Gasteiger partial charge on any atom is -0.315 e. The molecule has 0 saturated carbocycles. The molecule has 3 aromatic rings. The van der Waals surface area contributed by atoms with Crippen molar-refractivity contribution in [3.63, 3.8) is 0 Å². The third-order valence-electron chi connectivity index (χ3n) is 4.19. The van der Waals surface area contributed by atoms with E-state index in [0.717, 1.165) is 5.56 Å². The number of nitriles is 1. The van der Waals surface area contributed by atoms with Crippen LogP contribution < -0.4 is 10.6 Å². The maximum absolute atomic E-state index is 12.4. The van der Waals surface area contributed by atoms with Crippen molar-refractivity contribution in [2.24, 2.45) is 0 Å². The lowest BCUT2D eigenvalue weighted by atomic mass is 10.0. The molecular weight excluding hydrogens is 330 g/mol. The number of fused-ring (bicyclic) bond motifs is 1. The van der Waals surface area contributed by atoms with Crippen LogP contribution in [-0.4, -0.2) is 11.9 Å². The second-order valence-corrected chi connectivity index (χ2v) is 6.90. The quantitative estimate of drug-likeness (QED) is 0.715. The van der Waals surface area contributed by atoms with Crippen LogP contribution in [0.1, 0.15) is 31.0 Å². The summed E-state index contributed by atoms with van der Waals surface area (Å²) in [4.78, 5) is 12.4. The van der Waals surface area contributed by atoms with Gasteiger partial charge in [0.15, 0.2) is 0 Å². The highest BCUT2D eigenvalue weighted by molar-refractivity contribution is 7.14. The molecule has 0 bridgehead atoms. The van der Waals surface area contributed by atoms with Gasteiger partial charge in [0.05, 0.1) is 11.6 Å². The fourth-order valence-electron chi connectivity index (χ4n) is 2.74. The molecule has 0 aliphatic rings. The highest BCUT2D eigenvalue weighted by Gasteiger charge is 2.18. The Morgan fingerprint density at radius 3 is 2.64 bits per heavy atom. The zero-order valence-corrected chi connectivity index (χ0v) is 14.9. The van der Waals surface area contributed by atoms with Gasteiger partial charge in [0, 0.05) is 6.04 Å². The molecule has 2 atom stereocenters. The highest BCUT2D eigenvalue weighted by Crippen LogP contribution is 2.23. The molecule has 126 valence electrons. The number of amides is 1. The first kappa shape index (κ1) is 17.2. The summed E-state index contributed by atoms with van der Waals surface area (Å²) in [5, 5.41) is 19.9. The lowest BCUT2D eigenvalue weighted by molar-refractivity contribution is -0.117. The average Bonchev–Trinajstić information content (AvgIpc) is 3.08. The van der Waals surface area contributed by atoms with E-state index in [0.29, 0.717) is 10.6 Å². The summed E-state index contributed by atoms with van der Waals surface area (Å²) in [7, 11) is 0. The summed E-state index contributed by atoms with van der Waals surface area (Å²) in [5.74, 6) is -0.147. The van der Waals surface area contributed by atoms with E-state index in [2.05, 4.69) is 47.0 Å². The zero-order chi connectivity index (χ0) is 17.8. The summed E-state index contributed by atoms with van der Waals surface area (Å²) in [6.45, 7) is 3.87. The Bertz CT molecular complexity index is 941. The number of hydrogen-bond donors (Lipinski definition) is 2. The molecule has 25 heavy (non-hydrogen) atoms. The van der Waals surface area contributed by atoms with Crippen LogP contribution in [0.4, 0.5) is 5.00 Å². The molecule has 2 N–H and O–H groups in total. The fourth-order valence-corrected chi connectivity index (χ4v) is 3.48. The van der Waals surface area contributed by atoms with Crippen LogP contribution in [0.2, 0.25) is 0 Å². The molecule has 2 aromatic carbocycles. The van der Waals surface area contributed by atoms with Crippen molar-refractivity contribution in [1.82, 2.24) is 5.32 Å². The molecule has 3 rings (SSSR count). The summed E-state index contributed by atoms with van der Waals surface area (Å²) >= 11 is 1.35. The topological polar surface area (TPSA) is 64.9 Å². The van der Waals surface area contributed by atoms with Crippen molar-refractivity contribution in [2.45, 2.75) is 25.9 Å². The summed E-state index contributed by atoms with van der Waals surface area (Å²) in [5.41, 5.74) is 1.63. The number of carbonyl (C=O) groups excluding carboxylic acids is 1. The van der Waals surface area contributed by atoms with Crippen LogP contribution in [0.5, 0.6) is 0 Å². The van der Waals surface area contributed by atoms with Gasteiger partial charge in [0.25, 0.3) is 0 Å². The van der Waals surface area contributed by atoms with Crippen molar-refractivity contribution in [3.8, 4) is 6.07 Å². The van der Waals surface area contributed by atoms with Crippen LogP contribution in [-0.2, 0) is 4.79 Å². The normalized spacial score (nSPS) is 13.2. The molecule has 1 amide bonds. The first-order chi connectivity index (χ1) is 12.1. The van der Waals surface area contributed by atoms with Crippen molar-refractivity contribution >= 4 is 33.0 Å². The molecule has 2 unspecified atom stereocenters. The van der Waals surface area contributed by atoms with Crippen LogP contribution in [0.15, 0.2) is 53.9 Å². The van der Waals surface area contributed by atoms with Crippen molar-refractivity contribution in [3.05, 3.63) is 65.0 Å². The number of anilines is 1. The SMILES string of the molecule is CC(NC(C)c1ccc2ccccc2c1)C(=O)Nc1sccc1C#N. The number of rotatable bonds is 5. The molecule has 0 aliphatic heterocycles. The molecule has 0 radical (unpaired) electrons. The third kappa shape index (κ3) is 3.87. The van der Waals surface area contributed by atoms with E-state index in [1.807, 2.05) is 26.0 Å². The van der Waals surface area contributed by atoms with E-state index >= 15 is 0 Å². The smallest absolute Gasteiger partial charge is 0.241 e. The molecule has 4 nitrogen and oxygen atoms in total. The number of benzene rings is 2. The Morgan fingerprint density at radius 1 is 1.12 bits per heavy atom. The first-order valence-corrected chi connectivity index (χ1v) is 8.99. The Labute approximate surface area is 151 Å². The van der Waals surface area contributed by atoms with Gasteiger partial charge >= 0.3 is 0 Å². The number of hydrogen-bond acceptors (Lipinski definition) is 4. The lowest BCUT2D eigenvalue weighted by Crippen LogP contribution is -2.39. The van der Waals surface area contributed by atoms with Gasteiger partial charge in [-0.1, -0.05) is 36.4 Å². The average molecular weight is 349 g/mol. The molecule has 0 spiro atoms. The largest absolute Gasteiger partial charge is 0.315 e. The molecule has 0 fully saturated rings. The third-order valence-corrected chi connectivity index (χ3v) is 5.02. The van der Waals surface area contributed by atoms with E-state index in [-0.39, 0.29) is 18.0 Å². The van der Waals surface area contributed by atoms with Crippen molar-refractivity contribution in [2.75, 3.05) is 5.32 Å². The van der Waals surface area contributed by atoms with Gasteiger partial charge < -0.3 is 5.32 Å². The number of carbonyl (C=O) groups is 1. The maximum atomic E-state index is 12.4. The van der Waals surface area contributed by atoms with Gasteiger partial charge in [-0.05, 0) is 47.7 Å². The van der Waals surface area contributed by atoms with E-state index < -0.39 is 0 Å². The van der Waals surface area contributed by atoms with Crippen LogP contribution in [0.3, 0.4) is 0 Å². The number of nitrogens with one attached hydrogen (secondary N) is 2. The monoisotopic (exact) mass is 349 g/mol. The second-order valence-electron chi connectivity index (χ2n) is 5.98. The van der Waals surface area contributed by atoms with Gasteiger partial charge in [0.2, 0.25) is 5.91 Å². The van der Waals surface area contributed by atoms with Crippen LogP contribution in [0, 0.1) is 11.3 Å². The van der Waals surface area contributed by atoms with Gasteiger partial charge in [-0.25, -0.2) is 0 Å². The lowest BCUT2D eigenvalue weighted by Gasteiger charge is -2.20. The van der Waals surface area contributed by atoms with Crippen molar-refractivity contribution < 1.29 is 4.79 Å². The number of thiophene rings is 1. The molecule has 0 saturated heterocycles. The van der Waals surface area contributed by atoms with E-state index in [9.17, 15) is 4.79 Å². The van der Waals surface area contributed by atoms with E-state index in [1.54, 1.807) is 11.4 Å². The standard InChI is InChI=1S/C20H19N3OS/c1-13(16-8-7-15-5-3-4-6-17(15)11-16)22-14(2)19(24)23-20-18(12-21)9-10-25-20/h3-11,13-14,22H,1-2H3,(H,23,24). The Balaban J connectivity index is 1.67. The molecule has 1 aromatic heterocycles. The summed E-state index contributed by atoms with van der Waals surface area (Å²) < 4.78 is 0. The Hall–Kier alpha value is -2.68. The summed E-state index contributed by atoms with van der Waals surface area (Å²) in [6, 6.07) is 18.0. The summed E-state index contributed by atoms with van der Waals surface area (Å²) in [6.07, 6.45) is 0. The molecule has 0 aliphatic carbocycles. The zero-order valence-electron chi connectivity index (χ0n) is 14.1. The Morgan fingerprint density at radius 2 is 1.88 bits per heavy atom. The van der Waals surface area contributed by atoms with Gasteiger partial charge in [-0.3, -0.25) is 10.1 Å². The molecular formula is C20H19N3OS. The minimum absolute atomic E-state index is 0.0316. The van der Waals surface area contributed by atoms with Gasteiger partial charge in [-0.2, -0.15) is 5.26 Å². The number of nitrogens with zero attached hydrogens (tertiary/aromatic N) is 1. The van der Waals surface area contributed by atoms with Crippen LogP contribution in [0.25, 0.3) is 10.8 Å². The van der Waals surface area contributed by atoms with Crippen LogP contribution >= 0.6 is 11.3 Å². The molecule has 5 heteroatoms. The van der Waals surface area contributed by atoms with Crippen molar-refractivity contribution in [1.29, 1.82) is 5.26 Å². The minimum atomic E-state index is -0.380. The highest BCUT2D eigenvalue weighted by atomic mass is 32.1. The Kier molecular flexibility index (Phi) is 5.13. The first-order valence-electron chi connectivity index (χ1n) is 8.11. The van der Waals surface area contributed by atoms with Gasteiger partial charge in [-0.15, -0.1) is 11.3 Å². The predicted octanol–water partition coefficient (Wildman–Crippen LogP) is 4.45. The van der Waals surface area contributed by atoms with E-state index in [1.165, 1.54) is 22.1 Å². The second kappa shape index (κ2) is 7.47. The van der Waals surface area contributed by atoms with E-state index in [4.69, 9.17) is 5.26 Å². The maximum Gasteiger partial charge on any atom is 0.241 e. The predicted molar refractivity (Wildman–Crippen MR) is 103 cm³/mol. The van der Waals surface area contributed by atoms with Gasteiger partial charge in [0.1, 0.15) is 11.1 Å². The fraction of sp³-hybridized carbons (Fsp3) is 0.200. The molecule has 1 heterocycles.